The summed E-state index contributed by atoms with van der Waals surface area (Å²) in [7, 11) is 0. The van der Waals surface area contributed by atoms with Gasteiger partial charge in [0.05, 0.1) is 11.1 Å². The quantitative estimate of drug-likeness (QED) is 0.246. The van der Waals surface area contributed by atoms with Gasteiger partial charge in [0.2, 0.25) is 0 Å². The number of thiophene rings is 1. The second kappa shape index (κ2) is 9.78. The Morgan fingerprint density at radius 2 is 1.46 bits per heavy atom. The highest BCUT2D eigenvalue weighted by atomic mass is 32.1. The number of ether oxygens (including phenoxy) is 2. The number of amides is 1. The predicted molar refractivity (Wildman–Crippen MR) is 148 cm³/mol. The van der Waals surface area contributed by atoms with Gasteiger partial charge >= 0.3 is 6.18 Å². The number of anilines is 1. The van der Waals surface area contributed by atoms with Crippen LogP contribution in [0.15, 0.2) is 84.9 Å². The predicted octanol–water partition coefficient (Wildman–Crippen LogP) is 8.59. The highest BCUT2D eigenvalue weighted by Gasteiger charge is 2.30. The van der Waals surface area contributed by atoms with Crippen LogP contribution in [0.3, 0.4) is 0 Å². The summed E-state index contributed by atoms with van der Waals surface area (Å²) < 4.78 is 51.7. The maximum Gasteiger partial charge on any atom is 0.416 e. The molecule has 1 aromatic heterocycles. The molecule has 0 unspecified atom stereocenters. The SMILES string of the molecule is Cc1ccc(-c2ccc3c(C(=O)Nc4ccc5c(c4)OCCO5)c(-c4ccc(C(F)(F)F)cc4)sc3c2)cc1. The number of fused-ring (bicyclic) bond motifs is 2. The van der Waals surface area contributed by atoms with E-state index in [1.807, 2.05) is 49.4 Å². The summed E-state index contributed by atoms with van der Waals surface area (Å²) in [5.41, 5.74) is 3.90. The van der Waals surface area contributed by atoms with E-state index in [1.165, 1.54) is 23.5 Å². The summed E-state index contributed by atoms with van der Waals surface area (Å²) in [6.07, 6.45) is -4.44. The molecule has 2 heterocycles. The Kier molecular flexibility index (Phi) is 6.27. The van der Waals surface area contributed by atoms with E-state index in [4.69, 9.17) is 9.47 Å². The molecule has 0 fully saturated rings. The molecule has 8 heteroatoms. The molecule has 4 aromatic carbocycles. The van der Waals surface area contributed by atoms with Crippen molar-refractivity contribution < 1.29 is 27.4 Å². The van der Waals surface area contributed by atoms with E-state index >= 15 is 0 Å². The zero-order valence-electron chi connectivity index (χ0n) is 20.8. The fourth-order valence-electron chi connectivity index (χ4n) is 4.58. The number of carbonyl (C=O) groups excluding carboxylic acids is 1. The number of carbonyl (C=O) groups is 1. The van der Waals surface area contributed by atoms with Crippen LogP contribution in [-0.4, -0.2) is 19.1 Å². The molecule has 1 aliphatic rings. The largest absolute Gasteiger partial charge is 0.486 e. The van der Waals surface area contributed by atoms with Crippen LogP contribution in [0.2, 0.25) is 0 Å². The fourth-order valence-corrected chi connectivity index (χ4v) is 5.82. The number of rotatable bonds is 4. The molecule has 0 radical (unpaired) electrons. The van der Waals surface area contributed by atoms with Gasteiger partial charge in [0.15, 0.2) is 11.5 Å². The fraction of sp³-hybridized carbons (Fsp3) is 0.129. The highest BCUT2D eigenvalue weighted by Crippen LogP contribution is 2.42. The summed E-state index contributed by atoms with van der Waals surface area (Å²) in [6, 6.07) is 24.1. The minimum absolute atomic E-state index is 0.365. The molecule has 0 atom stereocenters. The zero-order valence-corrected chi connectivity index (χ0v) is 21.6. The minimum Gasteiger partial charge on any atom is -0.486 e. The van der Waals surface area contributed by atoms with E-state index in [9.17, 15) is 18.0 Å². The van der Waals surface area contributed by atoms with Crippen LogP contribution in [0.4, 0.5) is 18.9 Å². The van der Waals surface area contributed by atoms with Gasteiger partial charge < -0.3 is 14.8 Å². The molecule has 39 heavy (non-hydrogen) atoms. The Morgan fingerprint density at radius 1 is 0.795 bits per heavy atom. The lowest BCUT2D eigenvalue weighted by Gasteiger charge is -2.19. The summed E-state index contributed by atoms with van der Waals surface area (Å²) in [4.78, 5) is 14.3. The third kappa shape index (κ3) is 4.95. The Hall–Kier alpha value is -4.30. The van der Waals surface area contributed by atoms with Crippen molar-refractivity contribution in [3.8, 4) is 33.1 Å². The molecule has 0 saturated carbocycles. The molecular formula is C31H22F3NO3S. The van der Waals surface area contributed by atoms with Crippen molar-refractivity contribution in [2.75, 3.05) is 18.5 Å². The lowest BCUT2D eigenvalue weighted by atomic mass is 10.00. The molecule has 5 aromatic rings. The number of alkyl halides is 3. The van der Waals surface area contributed by atoms with Gasteiger partial charge in [-0.05, 0) is 53.9 Å². The van der Waals surface area contributed by atoms with Crippen molar-refractivity contribution in [1.29, 1.82) is 0 Å². The molecule has 0 spiro atoms. The van der Waals surface area contributed by atoms with Gasteiger partial charge in [-0.15, -0.1) is 11.3 Å². The standard InChI is InChI=1S/C31H22F3NO3S/c1-18-2-4-19(5-3-18)21-8-12-24-27(16-21)39-29(20-6-9-22(10-7-20)31(32,33)34)28(24)30(36)35-23-11-13-25-26(17-23)38-15-14-37-25/h2-13,16-17H,14-15H2,1H3,(H,35,36). The van der Waals surface area contributed by atoms with Crippen molar-refractivity contribution in [2.45, 2.75) is 13.1 Å². The maximum absolute atomic E-state index is 13.7. The lowest BCUT2D eigenvalue weighted by Crippen LogP contribution is -2.16. The molecule has 1 N–H and O–H groups in total. The lowest BCUT2D eigenvalue weighted by molar-refractivity contribution is -0.137. The van der Waals surface area contributed by atoms with E-state index in [1.54, 1.807) is 18.2 Å². The van der Waals surface area contributed by atoms with Crippen molar-refractivity contribution in [3.05, 3.63) is 102 Å². The van der Waals surface area contributed by atoms with Crippen molar-refractivity contribution >= 4 is 33.0 Å². The van der Waals surface area contributed by atoms with Gasteiger partial charge in [-0.3, -0.25) is 4.79 Å². The number of aryl methyl sites for hydroxylation is 1. The Balaban J connectivity index is 1.43. The highest BCUT2D eigenvalue weighted by molar-refractivity contribution is 7.22. The van der Waals surface area contributed by atoms with E-state index in [0.29, 0.717) is 46.4 Å². The number of halogens is 3. The molecular weight excluding hydrogens is 523 g/mol. The molecule has 0 aliphatic carbocycles. The molecule has 1 amide bonds. The Morgan fingerprint density at radius 3 is 2.18 bits per heavy atom. The van der Waals surface area contributed by atoms with E-state index in [2.05, 4.69) is 5.32 Å². The van der Waals surface area contributed by atoms with Crippen LogP contribution in [0.5, 0.6) is 11.5 Å². The van der Waals surface area contributed by atoms with Crippen LogP contribution in [0.25, 0.3) is 31.7 Å². The number of nitrogens with one attached hydrogen (secondary N) is 1. The van der Waals surface area contributed by atoms with Crippen LogP contribution in [-0.2, 0) is 6.18 Å². The van der Waals surface area contributed by atoms with Gasteiger partial charge in [-0.25, -0.2) is 0 Å². The van der Waals surface area contributed by atoms with Crippen LogP contribution in [0.1, 0.15) is 21.5 Å². The number of hydrogen-bond acceptors (Lipinski definition) is 4. The van der Waals surface area contributed by atoms with E-state index < -0.39 is 11.7 Å². The molecule has 6 rings (SSSR count). The normalized spacial score (nSPS) is 12.9. The summed E-state index contributed by atoms with van der Waals surface area (Å²) in [5, 5.41) is 3.66. The van der Waals surface area contributed by atoms with Gasteiger partial charge in [0.1, 0.15) is 13.2 Å². The summed E-state index contributed by atoms with van der Waals surface area (Å²) in [6.45, 7) is 2.90. The number of benzene rings is 4. The zero-order chi connectivity index (χ0) is 27.1. The molecule has 0 saturated heterocycles. The van der Waals surface area contributed by atoms with E-state index in [0.717, 1.165) is 38.9 Å². The first-order chi connectivity index (χ1) is 18.8. The minimum atomic E-state index is -4.44. The first kappa shape index (κ1) is 25.0. The molecule has 0 bridgehead atoms. The van der Waals surface area contributed by atoms with Crippen molar-refractivity contribution in [1.82, 2.24) is 0 Å². The maximum atomic E-state index is 13.7. The topological polar surface area (TPSA) is 47.6 Å². The smallest absolute Gasteiger partial charge is 0.416 e. The monoisotopic (exact) mass is 545 g/mol. The van der Waals surface area contributed by atoms with E-state index in [-0.39, 0.29) is 5.91 Å². The van der Waals surface area contributed by atoms with Gasteiger partial charge in [0, 0.05) is 26.7 Å². The van der Waals surface area contributed by atoms with Gasteiger partial charge in [0.25, 0.3) is 5.91 Å². The molecule has 1 aliphatic heterocycles. The van der Waals surface area contributed by atoms with Gasteiger partial charge in [-0.2, -0.15) is 13.2 Å². The van der Waals surface area contributed by atoms with Crippen LogP contribution < -0.4 is 14.8 Å². The first-order valence-electron chi connectivity index (χ1n) is 12.3. The second-order valence-electron chi connectivity index (χ2n) is 9.27. The third-order valence-corrected chi connectivity index (χ3v) is 7.78. The summed E-state index contributed by atoms with van der Waals surface area (Å²) in [5.74, 6) is 0.783. The number of hydrogen-bond donors (Lipinski definition) is 1. The average Bonchev–Trinajstić information content (AvgIpc) is 3.32. The second-order valence-corrected chi connectivity index (χ2v) is 10.3. The van der Waals surface area contributed by atoms with Crippen LogP contribution >= 0.6 is 11.3 Å². The third-order valence-electron chi connectivity index (χ3n) is 6.58. The van der Waals surface area contributed by atoms with Gasteiger partial charge in [-0.1, -0.05) is 54.1 Å². The van der Waals surface area contributed by atoms with Crippen molar-refractivity contribution in [2.24, 2.45) is 0 Å². The Bertz CT molecular complexity index is 1690. The van der Waals surface area contributed by atoms with Crippen LogP contribution in [0, 0.1) is 6.92 Å². The Labute approximate surface area is 226 Å². The molecule has 196 valence electrons. The van der Waals surface area contributed by atoms with Crippen molar-refractivity contribution in [3.63, 3.8) is 0 Å². The average molecular weight is 546 g/mol. The molecule has 4 nitrogen and oxygen atoms in total. The summed E-state index contributed by atoms with van der Waals surface area (Å²) >= 11 is 1.38. The first-order valence-corrected chi connectivity index (χ1v) is 13.1.